The molecule has 0 aromatic heterocycles. The Labute approximate surface area is 96.1 Å². The van der Waals surface area contributed by atoms with E-state index in [1.807, 2.05) is 0 Å². The Morgan fingerprint density at radius 1 is 0.875 bits per heavy atom. The number of methoxy groups -OCH3 is 1. The monoisotopic (exact) mass is 238 g/mol. The number of rotatable bonds is 12. The smallest absolute Gasteiger partial charge is 0.101 e. The average molecular weight is 238 g/mol. The topological polar surface area (TPSA) is 77.4 Å². The highest BCUT2D eigenvalue weighted by Gasteiger charge is 2.02. The van der Waals surface area contributed by atoms with E-state index >= 15 is 0 Å². The number of hydrogen-bond donors (Lipinski definition) is 2. The molecule has 6 heteroatoms. The van der Waals surface area contributed by atoms with Crippen LogP contribution in [0.4, 0.5) is 0 Å². The van der Waals surface area contributed by atoms with Crippen LogP contribution in [0, 0.1) is 0 Å². The van der Waals surface area contributed by atoms with E-state index in [0.717, 1.165) is 0 Å². The SMILES string of the molecule is COCC(O)COCCOCCOCCO. The molecule has 0 aromatic carbocycles. The summed E-state index contributed by atoms with van der Waals surface area (Å²) < 4.78 is 20.0. The molecule has 0 saturated heterocycles. The van der Waals surface area contributed by atoms with Gasteiger partial charge in [-0.15, -0.1) is 0 Å². The average Bonchev–Trinajstić information content (AvgIpc) is 2.27. The van der Waals surface area contributed by atoms with Gasteiger partial charge in [-0.25, -0.2) is 0 Å². The van der Waals surface area contributed by atoms with Crippen molar-refractivity contribution in [3.8, 4) is 0 Å². The first-order valence-corrected chi connectivity index (χ1v) is 5.32. The molecule has 1 atom stereocenters. The molecule has 0 rings (SSSR count). The largest absolute Gasteiger partial charge is 0.394 e. The van der Waals surface area contributed by atoms with Crippen molar-refractivity contribution in [2.24, 2.45) is 0 Å². The summed E-state index contributed by atoms with van der Waals surface area (Å²) in [6, 6.07) is 0. The zero-order chi connectivity index (χ0) is 12.1. The Morgan fingerprint density at radius 3 is 2.00 bits per heavy atom. The van der Waals surface area contributed by atoms with Crippen molar-refractivity contribution in [3.05, 3.63) is 0 Å². The maximum atomic E-state index is 9.21. The zero-order valence-electron chi connectivity index (χ0n) is 9.76. The van der Waals surface area contributed by atoms with Crippen molar-refractivity contribution >= 4 is 0 Å². The second-order valence-electron chi connectivity index (χ2n) is 3.13. The molecule has 0 spiro atoms. The molecule has 16 heavy (non-hydrogen) atoms. The van der Waals surface area contributed by atoms with E-state index in [9.17, 15) is 5.11 Å². The van der Waals surface area contributed by atoms with Crippen LogP contribution in [0.1, 0.15) is 0 Å². The first kappa shape index (κ1) is 15.8. The molecule has 0 aliphatic heterocycles. The second kappa shape index (κ2) is 12.8. The highest BCUT2D eigenvalue weighted by molar-refractivity contribution is 4.49. The standard InChI is InChI=1S/C10H22O6/c1-13-8-10(12)9-16-7-6-15-5-4-14-3-2-11/h10-12H,2-9H2,1H3. The number of ether oxygens (including phenoxy) is 4. The molecule has 0 radical (unpaired) electrons. The van der Waals surface area contributed by atoms with Gasteiger partial charge < -0.3 is 29.2 Å². The van der Waals surface area contributed by atoms with Crippen LogP contribution in [0.2, 0.25) is 0 Å². The third-order valence-electron chi connectivity index (χ3n) is 1.65. The summed E-state index contributed by atoms with van der Waals surface area (Å²) in [6.45, 7) is 2.72. The van der Waals surface area contributed by atoms with Crippen LogP contribution in [0.5, 0.6) is 0 Å². The Bertz CT molecular complexity index is 132. The minimum atomic E-state index is -0.585. The van der Waals surface area contributed by atoms with Gasteiger partial charge in [-0.2, -0.15) is 0 Å². The van der Waals surface area contributed by atoms with Gasteiger partial charge >= 0.3 is 0 Å². The third kappa shape index (κ3) is 11.8. The van der Waals surface area contributed by atoms with E-state index in [4.69, 9.17) is 24.1 Å². The normalized spacial score (nSPS) is 12.9. The molecule has 1 unspecified atom stereocenters. The van der Waals surface area contributed by atoms with Gasteiger partial charge in [0.05, 0.1) is 52.9 Å². The Morgan fingerprint density at radius 2 is 1.44 bits per heavy atom. The molecular formula is C10H22O6. The van der Waals surface area contributed by atoms with Crippen LogP contribution >= 0.6 is 0 Å². The lowest BCUT2D eigenvalue weighted by Crippen LogP contribution is -2.22. The molecule has 0 aliphatic carbocycles. The summed E-state index contributed by atoms with van der Waals surface area (Å²) >= 11 is 0. The quantitative estimate of drug-likeness (QED) is 0.426. The molecule has 0 amide bonds. The molecule has 0 aromatic rings. The van der Waals surface area contributed by atoms with Crippen LogP contribution in [-0.2, 0) is 18.9 Å². The molecule has 0 saturated carbocycles. The van der Waals surface area contributed by atoms with Gasteiger partial charge in [-0.1, -0.05) is 0 Å². The molecule has 98 valence electrons. The second-order valence-corrected chi connectivity index (χ2v) is 3.13. The molecule has 0 heterocycles. The first-order chi connectivity index (χ1) is 7.81. The van der Waals surface area contributed by atoms with Gasteiger partial charge in [0.25, 0.3) is 0 Å². The number of hydrogen-bond acceptors (Lipinski definition) is 6. The minimum absolute atomic E-state index is 0.0283. The van der Waals surface area contributed by atoms with Gasteiger partial charge in [-0.05, 0) is 0 Å². The van der Waals surface area contributed by atoms with Crippen molar-refractivity contribution in [3.63, 3.8) is 0 Å². The van der Waals surface area contributed by atoms with E-state index in [2.05, 4.69) is 0 Å². The maximum absolute atomic E-state index is 9.21. The summed E-state index contributed by atoms with van der Waals surface area (Å²) in [5.74, 6) is 0. The molecule has 0 fully saturated rings. The van der Waals surface area contributed by atoms with Crippen LogP contribution in [0.3, 0.4) is 0 Å². The van der Waals surface area contributed by atoms with E-state index in [0.29, 0.717) is 33.0 Å². The van der Waals surface area contributed by atoms with Crippen LogP contribution in [0.25, 0.3) is 0 Å². The zero-order valence-corrected chi connectivity index (χ0v) is 9.76. The van der Waals surface area contributed by atoms with Crippen LogP contribution in [0.15, 0.2) is 0 Å². The van der Waals surface area contributed by atoms with Crippen molar-refractivity contribution in [1.82, 2.24) is 0 Å². The fraction of sp³-hybridized carbons (Fsp3) is 1.00. The van der Waals surface area contributed by atoms with Gasteiger partial charge in [0.15, 0.2) is 0 Å². The third-order valence-corrected chi connectivity index (χ3v) is 1.65. The Balaban J connectivity index is 2.98. The highest BCUT2D eigenvalue weighted by atomic mass is 16.5. The van der Waals surface area contributed by atoms with Gasteiger partial charge in [-0.3, -0.25) is 0 Å². The van der Waals surface area contributed by atoms with Crippen LogP contribution < -0.4 is 0 Å². The summed E-state index contributed by atoms with van der Waals surface area (Å²) in [4.78, 5) is 0. The lowest BCUT2D eigenvalue weighted by atomic mass is 10.4. The fourth-order valence-electron chi connectivity index (χ4n) is 0.964. The van der Waals surface area contributed by atoms with Crippen molar-refractivity contribution in [1.29, 1.82) is 0 Å². The predicted octanol–water partition coefficient (Wildman–Crippen LogP) is -0.964. The van der Waals surface area contributed by atoms with E-state index in [1.54, 1.807) is 0 Å². The molecule has 0 aliphatic rings. The summed E-state index contributed by atoms with van der Waals surface area (Å²) in [5.41, 5.74) is 0. The predicted molar refractivity (Wildman–Crippen MR) is 57.4 cm³/mol. The van der Waals surface area contributed by atoms with E-state index < -0.39 is 6.10 Å². The lowest BCUT2D eigenvalue weighted by molar-refractivity contribution is -0.0302. The Kier molecular flexibility index (Phi) is 12.6. The highest BCUT2D eigenvalue weighted by Crippen LogP contribution is 1.87. The van der Waals surface area contributed by atoms with Gasteiger partial charge in [0, 0.05) is 7.11 Å². The number of aliphatic hydroxyl groups is 2. The lowest BCUT2D eigenvalue weighted by Gasteiger charge is -2.10. The minimum Gasteiger partial charge on any atom is -0.394 e. The van der Waals surface area contributed by atoms with E-state index in [1.165, 1.54) is 7.11 Å². The van der Waals surface area contributed by atoms with Crippen molar-refractivity contribution < 1.29 is 29.2 Å². The fourth-order valence-corrected chi connectivity index (χ4v) is 0.964. The van der Waals surface area contributed by atoms with Crippen LogP contribution in [-0.4, -0.2) is 76.3 Å². The van der Waals surface area contributed by atoms with Crippen molar-refractivity contribution in [2.45, 2.75) is 6.10 Å². The summed E-state index contributed by atoms with van der Waals surface area (Å²) in [7, 11) is 1.53. The first-order valence-electron chi connectivity index (χ1n) is 5.32. The number of aliphatic hydroxyl groups excluding tert-OH is 2. The molecule has 0 bridgehead atoms. The Hall–Kier alpha value is -0.240. The summed E-state index contributed by atoms with van der Waals surface area (Å²) in [5, 5.41) is 17.6. The van der Waals surface area contributed by atoms with E-state index in [-0.39, 0.29) is 19.8 Å². The van der Waals surface area contributed by atoms with Crippen molar-refractivity contribution in [2.75, 3.05) is 60.0 Å². The maximum Gasteiger partial charge on any atom is 0.101 e. The summed E-state index contributed by atoms with van der Waals surface area (Å²) in [6.07, 6.45) is -0.585. The molecular weight excluding hydrogens is 216 g/mol. The van der Waals surface area contributed by atoms with Gasteiger partial charge in [0.2, 0.25) is 0 Å². The molecule has 6 nitrogen and oxygen atoms in total. The van der Waals surface area contributed by atoms with Gasteiger partial charge in [0.1, 0.15) is 6.10 Å². The molecule has 2 N–H and O–H groups in total.